The van der Waals surface area contributed by atoms with Crippen LogP contribution in [0.25, 0.3) is 0 Å². The minimum atomic E-state index is -0.418. The number of hydrogen-bond acceptors (Lipinski definition) is 2. The number of aliphatic hydroxyl groups is 1. The quantitative estimate of drug-likeness (QED) is 0.831. The van der Waals surface area contributed by atoms with Crippen LogP contribution in [0.5, 0.6) is 0 Å². The molecule has 1 aromatic heterocycles. The topological polar surface area (TPSA) is 54.3 Å². The number of carbonyl (C=O) groups is 1. The molecule has 0 saturated heterocycles. The fraction of sp³-hybridized carbons (Fsp3) is 0.615. The SMILES string of the molecule is CCCn1cc(Cl)cc1C(=O)NCC(O)C1CC1. The lowest BCUT2D eigenvalue weighted by atomic mass is 10.2. The van der Waals surface area contributed by atoms with E-state index in [1.54, 1.807) is 12.3 Å². The lowest BCUT2D eigenvalue weighted by Crippen LogP contribution is -2.34. The molecule has 1 heterocycles. The summed E-state index contributed by atoms with van der Waals surface area (Å²) in [5, 5.41) is 13.0. The van der Waals surface area contributed by atoms with Gasteiger partial charge in [0.2, 0.25) is 0 Å². The Bertz CT molecular complexity index is 427. The molecule has 100 valence electrons. The molecule has 0 radical (unpaired) electrons. The Morgan fingerprint density at radius 1 is 1.67 bits per heavy atom. The monoisotopic (exact) mass is 270 g/mol. The van der Waals surface area contributed by atoms with Gasteiger partial charge < -0.3 is 15.0 Å². The first-order valence-electron chi connectivity index (χ1n) is 6.43. The van der Waals surface area contributed by atoms with E-state index in [1.807, 2.05) is 11.5 Å². The summed E-state index contributed by atoms with van der Waals surface area (Å²) >= 11 is 5.92. The molecule has 2 N–H and O–H groups in total. The highest BCUT2D eigenvalue weighted by molar-refractivity contribution is 6.31. The van der Waals surface area contributed by atoms with Crippen LogP contribution in [0, 0.1) is 5.92 Å². The van der Waals surface area contributed by atoms with Crippen molar-refractivity contribution in [2.24, 2.45) is 5.92 Å². The number of carbonyl (C=O) groups excluding carboxylic acids is 1. The van der Waals surface area contributed by atoms with E-state index in [0.717, 1.165) is 25.8 Å². The van der Waals surface area contributed by atoms with Crippen LogP contribution >= 0.6 is 11.6 Å². The molecule has 0 bridgehead atoms. The molecule has 0 aliphatic heterocycles. The van der Waals surface area contributed by atoms with Crippen LogP contribution in [-0.4, -0.2) is 28.2 Å². The van der Waals surface area contributed by atoms with Crippen molar-refractivity contribution in [3.8, 4) is 0 Å². The molecule has 2 rings (SSSR count). The third-order valence-electron chi connectivity index (χ3n) is 3.20. The number of aliphatic hydroxyl groups excluding tert-OH is 1. The summed E-state index contributed by atoms with van der Waals surface area (Å²) in [5.74, 6) is 0.200. The van der Waals surface area contributed by atoms with E-state index in [0.29, 0.717) is 23.2 Å². The van der Waals surface area contributed by atoms with Crippen LogP contribution < -0.4 is 5.32 Å². The first kappa shape index (κ1) is 13.4. The molecule has 1 aliphatic rings. The maximum Gasteiger partial charge on any atom is 0.268 e. The van der Waals surface area contributed by atoms with Gasteiger partial charge in [0.15, 0.2) is 0 Å². The highest BCUT2D eigenvalue weighted by atomic mass is 35.5. The summed E-state index contributed by atoms with van der Waals surface area (Å²) in [7, 11) is 0. The summed E-state index contributed by atoms with van der Waals surface area (Å²) in [6, 6.07) is 1.66. The second kappa shape index (κ2) is 5.76. The van der Waals surface area contributed by atoms with Crippen LogP contribution in [0.1, 0.15) is 36.7 Å². The fourth-order valence-electron chi connectivity index (χ4n) is 2.03. The maximum absolute atomic E-state index is 12.0. The van der Waals surface area contributed by atoms with Crippen molar-refractivity contribution in [3.05, 3.63) is 23.0 Å². The summed E-state index contributed by atoms with van der Waals surface area (Å²) in [5.41, 5.74) is 0.560. The van der Waals surface area contributed by atoms with Crippen LogP contribution in [0.3, 0.4) is 0 Å². The van der Waals surface area contributed by atoms with E-state index in [1.165, 1.54) is 0 Å². The molecule has 1 atom stereocenters. The van der Waals surface area contributed by atoms with Crippen LogP contribution in [0.4, 0.5) is 0 Å². The van der Waals surface area contributed by atoms with Gasteiger partial charge in [-0.15, -0.1) is 0 Å². The van der Waals surface area contributed by atoms with Crippen molar-refractivity contribution >= 4 is 17.5 Å². The zero-order valence-electron chi connectivity index (χ0n) is 10.5. The summed E-state index contributed by atoms with van der Waals surface area (Å²) in [6.07, 6.45) is 4.41. The Hall–Kier alpha value is -1.00. The zero-order valence-corrected chi connectivity index (χ0v) is 11.3. The number of rotatable bonds is 6. The first-order chi connectivity index (χ1) is 8.61. The normalized spacial score (nSPS) is 16.6. The number of nitrogens with zero attached hydrogens (tertiary/aromatic N) is 1. The molecule has 1 amide bonds. The number of aryl methyl sites for hydroxylation is 1. The van der Waals surface area contributed by atoms with E-state index in [2.05, 4.69) is 5.32 Å². The molecular weight excluding hydrogens is 252 g/mol. The minimum absolute atomic E-state index is 0.171. The molecule has 1 fully saturated rings. The average Bonchev–Trinajstić information content (AvgIpc) is 3.11. The predicted octanol–water partition coefficient (Wildman–Crippen LogP) is 2.05. The summed E-state index contributed by atoms with van der Waals surface area (Å²) in [6.45, 7) is 3.13. The number of amides is 1. The summed E-state index contributed by atoms with van der Waals surface area (Å²) in [4.78, 5) is 12.0. The van der Waals surface area contributed by atoms with E-state index in [9.17, 15) is 9.90 Å². The molecule has 18 heavy (non-hydrogen) atoms. The van der Waals surface area contributed by atoms with Gasteiger partial charge >= 0.3 is 0 Å². The predicted molar refractivity (Wildman–Crippen MR) is 70.8 cm³/mol. The number of aromatic nitrogens is 1. The number of halogens is 1. The van der Waals surface area contributed by atoms with Crippen molar-refractivity contribution in [2.45, 2.75) is 38.8 Å². The Labute approximate surface area is 112 Å². The second-order valence-corrected chi connectivity index (χ2v) is 5.29. The number of hydrogen-bond donors (Lipinski definition) is 2. The standard InChI is InChI=1S/C13H19ClN2O2/c1-2-5-16-8-10(14)6-11(16)13(18)15-7-12(17)9-3-4-9/h6,8-9,12,17H,2-5,7H2,1H3,(H,15,18). The molecule has 0 spiro atoms. The molecular formula is C13H19ClN2O2. The van der Waals surface area contributed by atoms with Gasteiger partial charge in [0, 0.05) is 19.3 Å². The molecule has 1 aromatic rings. The minimum Gasteiger partial charge on any atom is -0.391 e. The third kappa shape index (κ3) is 3.27. The second-order valence-electron chi connectivity index (χ2n) is 4.85. The van der Waals surface area contributed by atoms with Crippen LogP contribution in [0.2, 0.25) is 5.02 Å². The van der Waals surface area contributed by atoms with Gasteiger partial charge in [0.25, 0.3) is 5.91 Å². The van der Waals surface area contributed by atoms with Crippen molar-refractivity contribution in [1.82, 2.24) is 9.88 Å². The van der Waals surface area contributed by atoms with Gasteiger partial charge in [-0.25, -0.2) is 0 Å². The fourth-order valence-corrected chi connectivity index (χ4v) is 2.25. The Morgan fingerprint density at radius 2 is 2.39 bits per heavy atom. The highest BCUT2D eigenvalue weighted by Gasteiger charge is 2.29. The lowest BCUT2D eigenvalue weighted by Gasteiger charge is -2.12. The molecule has 1 aliphatic carbocycles. The van der Waals surface area contributed by atoms with E-state index in [-0.39, 0.29) is 5.91 Å². The lowest BCUT2D eigenvalue weighted by molar-refractivity contribution is 0.0892. The third-order valence-corrected chi connectivity index (χ3v) is 3.40. The molecule has 5 heteroatoms. The first-order valence-corrected chi connectivity index (χ1v) is 6.81. The Kier molecular flexibility index (Phi) is 4.30. The van der Waals surface area contributed by atoms with E-state index < -0.39 is 6.10 Å². The van der Waals surface area contributed by atoms with Crippen molar-refractivity contribution in [3.63, 3.8) is 0 Å². The Balaban J connectivity index is 1.94. The van der Waals surface area contributed by atoms with Crippen LogP contribution in [0.15, 0.2) is 12.3 Å². The van der Waals surface area contributed by atoms with Gasteiger partial charge in [0.1, 0.15) is 5.69 Å². The van der Waals surface area contributed by atoms with Gasteiger partial charge in [-0.2, -0.15) is 0 Å². The smallest absolute Gasteiger partial charge is 0.268 e. The van der Waals surface area contributed by atoms with Gasteiger partial charge in [-0.1, -0.05) is 18.5 Å². The molecule has 0 aromatic carbocycles. The molecule has 1 saturated carbocycles. The maximum atomic E-state index is 12.0. The zero-order chi connectivity index (χ0) is 13.1. The van der Waals surface area contributed by atoms with Gasteiger partial charge in [-0.05, 0) is 31.2 Å². The molecule has 4 nitrogen and oxygen atoms in total. The number of nitrogens with one attached hydrogen (secondary N) is 1. The van der Waals surface area contributed by atoms with E-state index >= 15 is 0 Å². The van der Waals surface area contributed by atoms with Crippen LogP contribution in [-0.2, 0) is 6.54 Å². The van der Waals surface area contributed by atoms with Crippen molar-refractivity contribution in [2.75, 3.05) is 6.54 Å². The largest absolute Gasteiger partial charge is 0.391 e. The van der Waals surface area contributed by atoms with Crippen molar-refractivity contribution in [1.29, 1.82) is 0 Å². The highest BCUT2D eigenvalue weighted by Crippen LogP contribution is 2.32. The Morgan fingerprint density at radius 3 is 3.00 bits per heavy atom. The molecule has 1 unspecified atom stereocenters. The average molecular weight is 271 g/mol. The van der Waals surface area contributed by atoms with E-state index in [4.69, 9.17) is 11.6 Å². The van der Waals surface area contributed by atoms with Gasteiger partial charge in [-0.3, -0.25) is 4.79 Å². The van der Waals surface area contributed by atoms with Gasteiger partial charge in [0.05, 0.1) is 11.1 Å². The summed E-state index contributed by atoms with van der Waals surface area (Å²) < 4.78 is 1.85. The van der Waals surface area contributed by atoms with Crippen molar-refractivity contribution < 1.29 is 9.90 Å².